The zero-order chi connectivity index (χ0) is 10.7. The molecule has 0 aliphatic heterocycles. The second-order valence-electron chi connectivity index (χ2n) is 3.42. The van der Waals surface area contributed by atoms with Crippen LogP contribution in [-0.4, -0.2) is 12.1 Å². The minimum absolute atomic E-state index is 0.855. The number of para-hydroxylation sites is 1. The molecule has 76 valence electrons. The van der Waals surface area contributed by atoms with Crippen LogP contribution < -0.4 is 4.74 Å². The fourth-order valence-electron chi connectivity index (χ4n) is 1.48. The number of benzene rings is 1. The van der Waals surface area contributed by atoms with Gasteiger partial charge in [-0.25, -0.2) is 0 Å². The third-order valence-electron chi connectivity index (χ3n) is 2.29. The Labute approximate surface area is 89.6 Å². The molecule has 0 spiro atoms. The Bertz CT molecular complexity index is 448. The molecule has 1 aromatic heterocycles. The number of nitrogens with zero attached hydrogens (tertiary/aromatic N) is 1. The molecule has 0 atom stereocenters. The van der Waals surface area contributed by atoms with Gasteiger partial charge in [-0.15, -0.1) is 0 Å². The average molecular weight is 199 g/mol. The van der Waals surface area contributed by atoms with Crippen LogP contribution in [0.1, 0.15) is 5.56 Å². The van der Waals surface area contributed by atoms with E-state index in [9.17, 15) is 0 Å². The number of pyridine rings is 1. The van der Waals surface area contributed by atoms with Crippen LogP contribution in [0.4, 0.5) is 0 Å². The summed E-state index contributed by atoms with van der Waals surface area (Å²) in [5.41, 5.74) is 3.13. The zero-order valence-corrected chi connectivity index (χ0v) is 8.90. The van der Waals surface area contributed by atoms with Gasteiger partial charge in [0, 0.05) is 11.8 Å². The van der Waals surface area contributed by atoms with Gasteiger partial charge in [0.25, 0.3) is 0 Å². The Morgan fingerprint density at radius 3 is 2.53 bits per heavy atom. The number of aromatic nitrogens is 1. The van der Waals surface area contributed by atoms with E-state index in [0.717, 1.165) is 22.6 Å². The van der Waals surface area contributed by atoms with E-state index in [1.807, 2.05) is 43.5 Å². The molecule has 0 amide bonds. The minimum Gasteiger partial charge on any atom is -0.496 e. The highest BCUT2D eigenvalue weighted by molar-refractivity contribution is 5.66. The lowest BCUT2D eigenvalue weighted by Gasteiger charge is -2.07. The van der Waals surface area contributed by atoms with Crippen LogP contribution in [0.5, 0.6) is 5.75 Å². The highest BCUT2D eigenvalue weighted by Crippen LogP contribution is 2.27. The fraction of sp³-hybridized carbons (Fsp3) is 0.154. The van der Waals surface area contributed by atoms with E-state index in [1.54, 1.807) is 7.11 Å². The first-order valence-corrected chi connectivity index (χ1v) is 4.87. The number of aryl methyl sites for hydroxylation is 1. The van der Waals surface area contributed by atoms with Gasteiger partial charge in [-0.1, -0.05) is 18.2 Å². The van der Waals surface area contributed by atoms with E-state index < -0.39 is 0 Å². The first kappa shape index (κ1) is 9.71. The van der Waals surface area contributed by atoms with E-state index in [1.165, 1.54) is 0 Å². The van der Waals surface area contributed by atoms with Crippen LogP contribution in [0.3, 0.4) is 0 Å². The Hall–Kier alpha value is -1.83. The molecule has 0 saturated heterocycles. The summed E-state index contributed by atoms with van der Waals surface area (Å²) in [6, 6.07) is 11.9. The standard InChI is InChI=1S/C13H13NO/c1-10-7-8-12(14-9-10)11-5-3-4-6-13(11)15-2/h3-9H,1-2H3. The monoisotopic (exact) mass is 199 g/mol. The maximum atomic E-state index is 5.29. The molecule has 0 radical (unpaired) electrons. The third kappa shape index (κ3) is 1.99. The number of methoxy groups -OCH3 is 1. The first-order valence-electron chi connectivity index (χ1n) is 4.87. The van der Waals surface area contributed by atoms with Gasteiger partial charge in [0.1, 0.15) is 5.75 Å². The van der Waals surface area contributed by atoms with Crippen LogP contribution >= 0.6 is 0 Å². The molecule has 1 heterocycles. The predicted octanol–water partition coefficient (Wildman–Crippen LogP) is 3.07. The number of rotatable bonds is 2. The van der Waals surface area contributed by atoms with Crippen molar-refractivity contribution in [2.24, 2.45) is 0 Å². The minimum atomic E-state index is 0.855. The highest BCUT2D eigenvalue weighted by Gasteiger charge is 2.04. The van der Waals surface area contributed by atoms with Crippen LogP contribution in [0.25, 0.3) is 11.3 Å². The number of hydrogen-bond acceptors (Lipinski definition) is 2. The van der Waals surface area contributed by atoms with Crippen molar-refractivity contribution in [2.45, 2.75) is 6.92 Å². The van der Waals surface area contributed by atoms with Crippen LogP contribution in [-0.2, 0) is 0 Å². The second-order valence-corrected chi connectivity index (χ2v) is 3.42. The van der Waals surface area contributed by atoms with Gasteiger partial charge in [-0.2, -0.15) is 0 Å². The molecular formula is C13H13NO. The molecule has 0 N–H and O–H groups in total. The Morgan fingerprint density at radius 1 is 1.07 bits per heavy atom. The maximum Gasteiger partial charge on any atom is 0.128 e. The molecule has 2 rings (SSSR count). The summed E-state index contributed by atoms with van der Waals surface area (Å²) >= 11 is 0. The highest BCUT2D eigenvalue weighted by atomic mass is 16.5. The van der Waals surface area contributed by atoms with Crippen LogP contribution in [0.15, 0.2) is 42.6 Å². The van der Waals surface area contributed by atoms with Crippen molar-refractivity contribution in [1.29, 1.82) is 0 Å². The SMILES string of the molecule is COc1ccccc1-c1ccc(C)cn1. The molecular weight excluding hydrogens is 186 g/mol. The Morgan fingerprint density at radius 2 is 1.87 bits per heavy atom. The Balaban J connectivity index is 2.49. The normalized spacial score (nSPS) is 10.0. The molecule has 1 aromatic carbocycles. The summed E-state index contributed by atoms with van der Waals surface area (Å²) in [5.74, 6) is 0.855. The van der Waals surface area contributed by atoms with E-state index in [-0.39, 0.29) is 0 Å². The molecule has 0 bridgehead atoms. The molecule has 0 aliphatic rings. The molecule has 0 aliphatic carbocycles. The van der Waals surface area contributed by atoms with Gasteiger partial charge in [0.05, 0.1) is 12.8 Å². The van der Waals surface area contributed by atoms with Crippen molar-refractivity contribution >= 4 is 0 Å². The van der Waals surface area contributed by atoms with Gasteiger partial charge >= 0.3 is 0 Å². The van der Waals surface area contributed by atoms with E-state index in [2.05, 4.69) is 11.1 Å². The summed E-state index contributed by atoms with van der Waals surface area (Å²) in [6.45, 7) is 2.03. The van der Waals surface area contributed by atoms with E-state index in [0.29, 0.717) is 0 Å². The summed E-state index contributed by atoms with van der Waals surface area (Å²) in [6.07, 6.45) is 1.86. The molecule has 0 fully saturated rings. The summed E-state index contributed by atoms with van der Waals surface area (Å²) in [7, 11) is 1.67. The van der Waals surface area contributed by atoms with Gasteiger partial charge in [0.2, 0.25) is 0 Å². The second kappa shape index (κ2) is 4.13. The first-order chi connectivity index (χ1) is 7.31. The predicted molar refractivity (Wildman–Crippen MR) is 61.0 cm³/mol. The molecule has 15 heavy (non-hydrogen) atoms. The molecule has 2 heteroatoms. The topological polar surface area (TPSA) is 22.1 Å². The van der Waals surface area contributed by atoms with Crippen molar-refractivity contribution in [3.63, 3.8) is 0 Å². The van der Waals surface area contributed by atoms with Gasteiger partial charge in [-0.3, -0.25) is 4.98 Å². The number of hydrogen-bond donors (Lipinski definition) is 0. The quantitative estimate of drug-likeness (QED) is 0.741. The Kier molecular flexibility index (Phi) is 2.68. The number of ether oxygens (including phenoxy) is 1. The lowest BCUT2D eigenvalue weighted by Crippen LogP contribution is -1.89. The molecule has 0 saturated carbocycles. The zero-order valence-electron chi connectivity index (χ0n) is 8.90. The smallest absolute Gasteiger partial charge is 0.128 e. The van der Waals surface area contributed by atoms with Gasteiger partial charge in [-0.05, 0) is 30.7 Å². The lowest BCUT2D eigenvalue weighted by atomic mass is 10.1. The van der Waals surface area contributed by atoms with Gasteiger partial charge in [0.15, 0.2) is 0 Å². The van der Waals surface area contributed by atoms with Gasteiger partial charge < -0.3 is 4.74 Å². The van der Waals surface area contributed by atoms with E-state index in [4.69, 9.17) is 4.74 Å². The van der Waals surface area contributed by atoms with Crippen molar-refractivity contribution in [3.05, 3.63) is 48.2 Å². The molecule has 2 aromatic rings. The summed E-state index contributed by atoms with van der Waals surface area (Å²) < 4.78 is 5.29. The maximum absolute atomic E-state index is 5.29. The van der Waals surface area contributed by atoms with Crippen molar-refractivity contribution in [1.82, 2.24) is 4.98 Å². The molecule has 0 unspecified atom stereocenters. The van der Waals surface area contributed by atoms with Crippen LogP contribution in [0.2, 0.25) is 0 Å². The van der Waals surface area contributed by atoms with Crippen molar-refractivity contribution < 1.29 is 4.74 Å². The van der Waals surface area contributed by atoms with Crippen molar-refractivity contribution in [2.75, 3.05) is 7.11 Å². The lowest BCUT2D eigenvalue weighted by molar-refractivity contribution is 0.416. The summed E-state index contributed by atoms with van der Waals surface area (Å²) in [4.78, 5) is 4.38. The summed E-state index contributed by atoms with van der Waals surface area (Å²) in [5, 5.41) is 0. The fourth-order valence-corrected chi connectivity index (χ4v) is 1.48. The third-order valence-corrected chi connectivity index (χ3v) is 2.29. The largest absolute Gasteiger partial charge is 0.496 e. The van der Waals surface area contributed by atoms with E-state index >= 15 is 0 Å². The molecule has 2 nitrogen and oxygen atoms in total. The van der Waals surface area contributed by atoms with Crippen molar-refractivity contribution in [3.8, 4) is 17.0 Å². The average Bonchev–Trinajstić information content (AvgIpc) is 2.30. The van der Waals surface area contributed by atoms with Crippen LogP contribution in [0, 0.1) is 6.92 Å².